The lowest BCUT2D eigenvalue weighted by molar-refractivity contribution is -0.128. The third kappa shape index (κ3) is 3.19. The summed E-state index contributed by atoms with van der Waals surface area (Å²) in [6, 6.07) is 0.310. The molecule has 102 valence electrons. The molecular formula is C13H22N2O2S. The van der Waals surface area contributed by atoms with Crippen LogP contribution < -0.4 is 5.32 Å². The van der Waals surface area contributed by atoms with E-state index in [0.29, 0.717) is 24.3 Å². The average Bonchev–Trinajstić information content (AvgIpc) is 2.70. The Labute approximate surface area is 113 Å². The topological polar surface area (TPSA) is 49.4 Å². The van der Waals surface area contributed by atoms with Crippen LogP contribution in [-0.2, 0) is 9.59 Å². The summed E-state index contributed by atoms with van der Waals surface area (Å²) in [6.45, 7) is 0.573. The van der Waals surface area contributed by atoms with Crippen LogP contribution in [0.1, 0.15) is 32.1 Å². The third-order valence-corrected chi connectivity index (χ3v) is 5.11. The van der Waals surface area contributed by atoms with Crippen LogP contribution in [0.15, 0.2) is 0 Å². The van der Waals surface area contributed by atoms with Gasteiger partial charge in [0, 0.05) is 31.3 Å². The normalized spacial score (nSPS) is 32.7. The van der Waals surface area contributed by atoms with Crippen LogP contribution in [0.2, 0.25) is 0 Å². The predicted molar refractivity (Wildman–Crippen MR) is 73.4 cm³/mol. The van der Waals surface area contributed by atoms with Crippen molar-refractivity contribution in [3.63, 3.8) is 0 Å². The summed E-state index contributed by atoms with van der Waals surface area (Å²) in [7, 11) is 1.76. The molecule has 3 unspecified atom stereocenters. The van der Waals surface area contributed by atoms with Gasteiger partial charge in [0.05, 0.1) is 5.92 Å². The number of nitrogens with zero attached hydrogens (tertiary/aromatic N) is 1. The minimum atomic E-state index is -0.142. The number of hydrogen-bond acceptors (Lipinski definition) is 3. The fourth-order valence-electron chi connectivity index (χ4n) is 2.85. The van der Waals surface area contributed by atoms with Crippen molar-refractivity contribution in [1.82, 2.24) is 10.2 Å². The Morgan fingerprint density at radius 2 is 2.22 bits per heavy atom. The Kier molecular flexibility index (Phi) is 4.54. The molecule has 0 bridgehead atoms. The molecule has 1 aliphatic heterocycles. The second-order valence-electron chi connectivity index (χ2n) is 5.41. The standard InChI is InChI=1S/C13H22N2O2S/c1-15-8-9(6-12(15)16)13(17)14-10-4-3-5-11(7-10)18-2/h9-11H,3-8H2,1-2H3,(H,14,17). The summed E-state index contributed by atoms with van der Waals surface area (Å²) in [5.41, 5.74) is 0. The van der Waals surface area contributed by atoms with E-state index in [1.165, 1.54) is 12.8 Å². The van der Waals surface area contributed by atoms with Gasteiger partial charge in [-0.25, -0.2) is 0 Å². The maximum Gasteiger partial charge on any atom is 0.225 e. The number of thioether (sulfide) groups is 1. The van der Waals surface area contributed by atoms with Gasteiger partial charge in [0.1, 0.15) is 0 Å². The highest BCUT2D eigenvalue weighted by atomic mass is 32.2. The molecule has 1 saturated carbocycles. The minimum absolute atomic E-state index is 0.0689. The molecule has 0 spiro atoms. The van der Waals surface area contributed by atoms with Gasteiger partial charge in [-0.15, -0.1) is 0 Å². The Bertz CT molecular complexity index is 335. The number of nitrogens with one attached hydrogen (secondary N) is 1. The lowest BCUT2D eigenvalue weighted by atomic mass is 9.94. The van der Waals surface area contributed by atoms with Crippen LogP contribution in [0.4, 0.5) is 0 Å². The summed E-state index contributed by atoms with van der Waals surface area (Å²) in [5.74, 6) is 0.0115. The Balaban J connectivity index is 1.82. The van der Waals surface area contributed by atoms with Gasteiger partial charge in [0.15, 0.2) is 0 Å². The zero-order valence-corrected chi connectivity index (χ0v) is 12.0. The number of carbonyl (C=O) groups is 2. The molecule has 2 aliphatic rings. The van der Waals surface area contributed by atoms with Crippen LogP contribution in [0.5, 0.6) is 0 Å². The molecular weight excluding hydrogens is 248 g/mol. The van der Waals surface area contributed by atoms with E-state index in [0.717, 1.165) is 12.8 Å². The Morgan fingerprint density at radius 1 is 1.44 bits per heavy atom. The molecule has 0 aromatic heterocycles. The zero-order valence-electron chi connectivity index (χ0n) is 11.1. The Hall–Kier alpha value is -0.710. The number of hydrogen-bond donors (Lipinski definition) is 1. The van der Waals surface area contributed by atoms with Crippen molar-refractivity contribution in [3.05, 3.63) is 0 Å². The zero-order chi connectivity index (χ0) is 13.1. The summed E-state index contributed by atoms with van der Waals surface area (Å²) >= 11 is 1.90. The van der Waals surface area contributed by atoms with E-state index in [9.17, 15) is 9.59 Å². The van der Waals surface area contributed by atoms with E-state index in [2.05, 4.69) is 11.6 Å². The molecule has 2 rings (SSSR count). The molecule has 1 aliphatic carbocycles. The van der Waals surface area contributed by atoms with Crippen molar-refractivity contribution in [3.8, 4) is 0 Å². The smallest absolute Gasteiger partial charge is 0.225 e. The highest BCUT2D eigenvalue weighted by molar-refractivity contribution is 7.99. The molecule has 3 atom stereocenters. The molecule has 2 amide bonds. The van der Waals surface area contributed by atoms with Gasteiger partial charge in [0.2, 0.25) is 11.8 Å². The fourth-order valence-corrected chi connectivity index (χ4v) is 3.68. The van der Waals surface area contributed by atoms with Crippen molar-refractivity contribution in [1.29, 1.82) is 0 Å². The maximum atomic E-state index is 12.1. The van der Waals surface area contributed by atoms with Gasteiger partial charge >= 0.3 is 0 Å². The van der Waals surface area contributed by atoms with Gasteiger partial charge in [-0.2, -0.15) is 11.8 Å². The van der Waals surface area contributed by atoms with Crippen LogP contribution >= 0.6 is 11.8 Å². The van der Waals surface area contributed by atoms with Crippen molar-refractivity contribution in [2.45, 2.75) is 43.4 Å². The number of rotatable bonds is 3. The molecule has 1 N–H and O–H groups in total. The highest BCUT2D eigenvalue weighted by Gasteiger charge is 2.33. The molecule has 18 heavy (non-hydrogen) atoms. The molecule has 1 saturated heterocycles. The van der Waals surface area contributed by atoms with Crippen LogP contribution in [0.25, 0.3) is 0 Å². The average molecular weight is 270 g/mol. The van der Waals surface area contributed by atoms with Crippen molar-refractivity contribution < 1.29 is 9.59 Å². The van der Waals surface area contributed by atoms with Gasteiger partial charge in [-0.3, -0.25) is 9.59 Å². The number of amides is 2. The quantitative estimate of drug-likeness (QED) is 0.840. The molecule has 2 fully saturated rings. The first-order valence-corrected chi connectivity index (χ1v) is 7.96. The molecule has 5 heteroatoms. The molecule has 4 nitrogen and oxygen atoms in total. The molecule has 0 aromatic carbocycles. The first-order chi connectivity index (χ1) is 8.60. The highest BCUT2D eigenvalue weighted by Crippen LogP contribution is 2.27. The van der Waals surface area contributed by atoms with Crippen LogP contribution in [0, 0.1) is 5.92 Å². The lowest BCUT2D eigenvalue weighted by Crippen LogP contribution is -2.42. The summed E-state index contributed by atoms with van der Waals surface area (Å²) in [4.78, 5) is 25.2. The van der Waals surface area contributed by atoms with E-state index in [1.807, 2.05) is 11.8 Å². The number of carbonyl (C=O) groups excluding carboxylic acids is 2. The van der Waals surface area contributed by atoms with Gasteiger partial charge in [0.25, 0.3) is 0 Å². The van der Waals surface area contributed by atoms with Gasteiger partial charge in [-0.05, 0) is 25.5 Å². The van der Waals surface area contributed by atoms with Gasteiger partial charge < -0.3 is 10.2 Å². The molecule has 0 radical (unpaired) electrons. The first kappa shape index (κ1) is 13.7. The summed E-state index contributed by atoms with van der Waals surface area (Å²) < 4.78 is 0. The summed E-state index contributed by atoms with van der Waals surface area (Å²) in [5, 5.41) is 3.81. The van der Waals surface area contributed by atoms with Crippen LogP contribution in [0.3, 0.4) is 0 Å². The van der Waals surface area contributed by atoms with E-state index in [-0.39, 0.29) is 17.7 Å². The summed E-state index contributed by atoms with van der Waals surface area (Å²) in [6.07, 6.45) is 7.13. The van der Waals surface area contributed by atoms with Crippen LogP contribution in [-0.4, -0.2) is 47.9 Å². The van der Waals surface area contributed by atoms with E-state index < -0.39 is 0 Å². The van der Waals surface area contributed by atoms with Crippen molar-refractivity contribution in [2.75, 3.05) is 19.8 Å². The van der Waals surface area contributed by atoms with Crippen molar-refractivity contribution in [2.24, 2.45) is 5.92 Å². The number of likely N-dealkylation sites (tertiary alicyclic amines) is 1. The predicted octanol–water partition coefficient (Wildman–Crippen LogP) is 1.26. The van der Waals surface area contributed by atoms with E-state index in [4.69, 9.17) is 0 Å². The second kappa shape index (κ2) is 5.95. The van der Waals surface area contributed by atoms with Crippen molar-refractivity contribution >= 4 is 23.6 Å². The third-order valence-electron chi connectivity index (χ3n) is 4.02. The van der Waals surface area contributed by atoms with E-state index >= 15 is 0 Å². The monoisotopic (exact) mass is 270 g/mol. The Morgan fingerprint density at radius 3 is 2.83 bits per heavy atom. The molecule has 1 heterocycles. The molecule has 0 aromatic rings. The van der Waals surface area contributed by atoms with E-state index in [1.54, 1.807) is 11.9 Å². The largest absolute Gasteiger partial charge is 0.353 e. The fraction of sp³-hybridized carbons (Fsp3) is 0.846. The SMILES string of the molecule is CSC1CCCC(NC(=O)C2CC(=O)N(C)C2)C1. The first-order valence-electron chi connectivity index (χ1n) is 6.67. The maximum absolute atomic E-state index is 12.1. The second-order valence-corrected chi connectivity index (χ2v) is 6.54. The minimum Gasteiger partial charge on any atom is -0.353 e. The lowest BCUT2D eigenvalue weighted by Gasteiger charge is -2.29. The van der Waals surface area contributed by atoms with Gasteiger partial charge in [-0.1, -0.05) is 6.42 Å².